The summed E-state index contributed by atoms with van der Waals surface area (Å²) < 4.78 is 0. The highest BCUT2D eigenvalue weighted by Gasteiger charge is 2.35. The molecule has 3 aromatic carbocycles. The van der Waals surface area contributed by atoms with E-state index in [2.05, 4.69) is 141 Å². The average Bonchev–Trinajstić information content (AvgIpc) is 2.97. The summed E-state index contributed by atoms with van der Waals surface area (Å²) in [6.07, 6.45) is 3.73. The first-order valence-corrected chi connectivity index (χ1v) is 16.6. The predicted octanol–water partition coefficient (Wildman–Crippen LogP) is 5.35. The summed E-state index contributed by atoms with van der Waals surface area (Å²) in [5.74, 6) is 0.250. The maximum absolute atomic E-state index is 13.8. The number of aryl methyl sites for hydroxylation is 2. The van der Waals surface area contributed by atoms with E-state index < -0.39 is 0 Å². The molecule has 1 heterocycles. The Kier molecular flexibility index (Phi) is 12.4. The molecule has 0 spiro atoms. The lowest BCUT2D eigenvalue weighted by molar-refractivity contribution is -0.137. The first-order chi connectivity index (χ1) is 21.0. The van der Waals surface area contributed by atoms with Crippen molar-refractivity contribution in [2.24, 2.45) is 0 Å². The molecule has 1 aliphatic heterocycles. The van der Waals surface area contributed by atoms with Crippen molar-refractivity contribution in [3.63, 3.8) is 0 Å². The van der Waals surface area contributed by atoms with Crippen LogP contribution in [-0.4, -0.2) is 123 Å². The number of benzene rings is 3. The zero-order valence-corrected chi connectivity index (χ0v) is 28.7. The molecule has 1 saturated heterocycles. The van der Waals surface area contributed by atoms with Gasteiger partial charge in [-0.1, -0.05) is 66.2 Å². The number of fused-ring (bicyclic) bond motifs is 1. The summed E-state index contributed by atoms with van der Waals surface area (Å²) in [6, 6.07) is 22.7. The number of rotatable bonds is 14. The fourth-order valence-electron chi connectivity index (χ4n) is 6.67. The number of nitrogens with zero attached hydrogens (tertiary/aromatic N) is 5. The van der Waals surface area contributed by atoms with Crippen LogP contribution in [0.4, 0.5) is 0 Å². The molecule has 0 aromatic heterocycles. The van der Waals surface area contributed by atoms with E-state index >= 15 is 0 Å². The van der Waals surface area contributed by atoms with Crippen molar-refractivity contribution in [1.29, 1.82) is 0 Å². The van der Waals surface area contributed by atoms with Gasteiger partial charge in [-0.05, 0) is 109 Å². The van der Waals surface area contributed by atoms with Crippen LogP contribution in [0.1, 0.15) is 42.0 Å². The number of hydrogen-bond donors (Lipinski definition) is 0. The van der Waals surface area contributed by atoms with Gasteiger partial charge in [0.1, 0.15) is 0 Å². The van der Waals surface area contributed by atoms with Crippen LogP contribution >= 0.6 is 0 Å². The van der Waals surface area contributed by atoms with Gasteiger partial charge in [0.05, 0.1) is 6.42 Å². The van der Waals surface area contributed by atoms with Gasteiger partial charge in [0.2, 0.25) is 5.91 Å². The van der Waals surface area contributed by atoms with E-state index in [-0.39, 0.29) is 11.9 Å². The molecule has 3 aromatic rings. The van der Waals surface area contributed by atoms with E-state index in [9.17, 15) is 4.79 Å². The minimum Gasteiger partial charge on any atom is -0.337 e. The third-order valence-electron chi connectivity index (χ3n) is 9.58. The quantitative estimate of drug-likeness (QED) is 0.250. The molecule has 240 valence electrons. The minimum atomic E-state index is 0.186. The van der Waals surface area contributed by atoms with Gasteiger partial charge in [-0.3, -0.25) is 9.69 Å². The van der Waals surface area contributed by atoms with Crippen molar-refractivity contribution in [2.75, 3.05) is 74.5 Å². The highest BCUT2D eigenvalue weighted by Crippen LogP contribution is 2.24. The normalized spacial score (nSPS) is 18.6. The zero-order valence-electron chi connectivity index (χ0n) is 28.7. The van der Waals surface area contributed by atoms with Crippen molar-refractivity contribution < 1.29 is 4.79 Å². The summed E-state index contributed by atoms with van der Waals surface area (Å²) in [6.45, 7) is 12.6. The molecule has 0 N–H and O–H groups in total. The molecule has 0 bridgehead atoms. The van der Waals surface area contributed by atoms with Crippen LogP contribution in [0.3, 0.4) is 0 Å². The van der Waals surface area contributed by atoms with Gasteiger partial charge in [-0.2, -0.15) is 0 Å². The molecule has 0 radical (unpaired) electrons. The fraction of sp³-hybridized carbons (Fsp3) is 0.553. The fourth-order valence-corrected chi connectivity index (χ4v) is 6.67. The number of carbonyl (C=O) groups is 1. The monoisotopic (exact) mass is 599 g/mol. The second kappa shape index (κ2) is 16.0. The molecule has 1 aliphatic rings. The first kappa shape index (κ1) is 34.1. The van der Waals surface area contributed by atoms with Crippen LogP contribution in [0, 0.1) is 13.8 Å². The second-order valence-electron chi connectivity index (χ2n) is 13.9. The Morgan fingerprint density at radius 1 is 0.886 bits per heavy atom. The van der Waals surface area contributed by atoms with Gasteiger partial charge < -0.3 is 19.6 Å². The molecule has 1 fully saturated rings. The Morgan fingerprint density at radius 2 is 1.64 bits per heavy atom. The second-order valence-corrected chi connectivity index (χ2v) is 13.9. The number of amides is 1. The van der Waals surface area contributed by atoms with Gasteiger partial charge >= 0.3 is 0 Å². The Balaban J connectivity index is 1.47. The molecule has 0 saturated carbocycles. The molecule has 44 heavy (non-hydrogen) atoms. The van der Waals surface area contributed by atoms with Crippen molar-refractivity contribution in [3.8, 4) is 0 Å². The summed E-state index contributed by atoms with van der Waals surface area (Å²) in [4.78, 5) is 25.8. The maximum Gasteiger partial charge on any atom is 0.227 e. The molecule has 6 nitrogen and oxygen atoms in total. The van der Waals surface area contributed by atoms with Crippen LogP contribution < -0.4 is 0 Å². The summed E-state index contributed by atoms with van der Waals surface area (Å²) in [5.41, 5.74) is 5.24. The highest BCUT2D eigenvalue weighted by molar-refractivity contribution is 5.85. The molecular weight excluding hydrogens is 542 g/mol. The van der Waals surface area contributed by atoms with Gasteiger partial charge in [-0.15, -0.1) is 0 Å². The highest BCUT2D eigenvalue weighted by atomic mass is 16.2. The number of likely N-dealkylation sites (N-methyl/N-ethyl adjacent to an activating group) is 3. The summed E-state index contributed by atoms with van der Waals surface area (Å²) in [5, 5.41) is 2.42. The van der Waals surface area contributed by atoms with E-state index in [1.807, 2.05) is 0 Å². The van der Waals surface area contributed by atoms with Crippen LogP contribution in [-0.2, 0) is 17.6 Å². The Labute approximate surface area is 267 Å². The van der Waals surface area contributed by atoms with Crippen LogP contribution in [0.25, 0.3) is 10.8 Å². The molecular formula is C38H57N5O. The SMILES string of the molecule is Cc1ccc(C[C@H](CN2C[C@@H](C)N(C(=O)Cc3ccc4ccccc4c3)CC2CCCN(C)CCN(C)C)N(C)C)c(C)c1. The van der Waals surface area contributed by atoms with Gasteiger partial charge in [0.15, 0.2) is 0 Å². The lowest BCUT2D eigenvalue weighted by Crippen LogP contribution is -2.61. The topological polar surface area (TPSA) is 33.3 Å². The average molecular weight is 600 g/mol. The Morgan fingerprint density at radius 3 is 2.34 bits per heavy atom. The maximum atomic E-state index is 13.8. The van der Waals surface area contributed by atoms with Gasteiger partial charge in [-0.25, -0.2) is 0 Å². The Hall–Kier alpha value is -2.77. The molecule has 1 amide bonds. The van der Waals surface area contributed by atoms with Crippen LogP contribution in [0.5, 0.6) is 0 Å². The smallest absolute Gasteiger partial charge is 0.227 e. The first-order valence-electron chi connectivity index (χ1n) is 16.6. The third kappa shape index (κ3) is 9.61. The van der Waals surface area contributed by atoms with Crippen molar-refractivity contribution in [2.45, 2.75) is 64.6 Å². The molecule has 0 aliphatic carbocycles. The van der Waals surface area contributed by atoms with Crippen molar-refractivity contribution in [3.05, 3.63) is 82.9 Å². The standard InChI is InChI=1S/C38H57N5O/c1-29-15-17-34(30(2)22-29)25-37(40(6)7)27-42-26-31(3)43(28-36(42)14-11-19-41(8)21-20-39(4)5)38(44)24-32-16-18-33-12-9-10-13-35(33)23-32/h9-10,12-13,15-18,22-23,31,36-37H,11,14,19-21,24-28H2,1-8H3/t31-,36?,37-/m1/s1. The lowest BCUT2D eigenvalue weighted by Gasteiger charge is -2.47. The van der Waals surface area contributed by atoms with Crippen molar-refractivity contribution >= 4 is 16.7 Å². The lowest BCUT2D eigenvalue weighted by atomic mass is 9.96. The minimum absolute atomic E-state index is 0.186. The summed E-state index contributed by atoms with van der Waals surface area (Å²) >= 11 is 0. The molecule has 3 atom stereocenters. The zero-order chi connectivity index (χ0) is 31.8. The van der Waals surface area contributed by atoms with Gasteiger partial charge in [0, 0.05) is 50.8 Å². The number of hydrogen-bond acceptors (Lipinski definition) is 5. The Bertz CT molecular complexity index is 1350. The largest absolute Gasteiger partial charge is 0.337 e. The van der Waals surface area contributed by atoms with E-state index in [0.717, 1.165) is 64.1 Å². The number of piperazine rings is 1. The predicted molar refractivity (Wildman–Crippen MR) is 187 cm³/mol. The van der Waals surface area contributed by atoms with E-state index in [1.54, 1.807) is 0 Å². The van der Waals surface area contributed by atoms with Gasteiger partial charge in [0.25, 0.3) is 0 Å². The van der Waals surface area contributed by atoms with E-state index in [4.69, 9.17) is 0 Å². The number of carbonyl (C=O) groups excluding carboxylic acids is 1. The van der Waals surface area contributed by atoms with Crippen LogP contribution in [0.15, 0.2) is 60.7 Å². The van der Waals surface area contributed by atoms with E-state index in [1.165, 1.54) is 27.5 Å². The molecule has 4 rings (SSSR count). The summed E-state index contributed by atoms with van der Waals surface area (Å²) in [7, 11) is 10.9. The molecule has 6 heteroatoms. The van der Waals surface area contributed by atoms with Crippen molar-refractivity contribution in [1.82, 2.24) is 24.5 Å². The van der Waals surface area contributed by atoms with E-state index in [0.29, 0.717) is 18.5 Å². The molecule has 1 unspecified atom stereocenters. The third-order valence-corrected chi connectivity index (χ3v) is 9.58. The van der Waals surface area contributed by atoms with Crippen LogP contribution in [0.2, 0.25) is 0 Å².